The summed E-state index contributed by atoms with van der Waals surface area (Å²) in [5.74, 6) is 0.319. The highest BCUT2D eigenvalue weighted by molar-refractivity contribution is 7.92. The van der Waals surface area contributed by atoms with Gasteiger partial charge >= 0.3 is 0 Å². The number of pyridine rings is 1. The van der Waals surface area contributed by atoms with Gasteiger partial charge in [-0.25, -0.2) is 12.9 Å². The molecule has 0 atom stereocenters. The monoisotopic (exact) mass is 371 g/mol. The largest absolute Gasteiger partial charge is 0.293 e. The number of hydrogen-bond donors (Lipinski definition) is 2. The highest BCUT2D eigenvalue weighted by atomic mass is 32.2. The lowest BCUT2D eigenvalue weighted by Gasteiger charge is -2.06. The van der Waals surface area contributed by atoms with Gasteiger partial charge in [0.1, 0.15) is 0 Å². The molecule has 9 heteroatoms. The van der Waals surface area contributed by atoms with Crippen molar-refractivity contribution in [1.29, 1.82) is 0 Å². The zero-order valence-electron chi connectivity index (χ0n) is 14.0. The fraction of sp³-hybridized carbons (Fsp3) is 0.235. The van der Waals surface area contributed by atoms with Crippen LogP contribution in [0.5, 0.6) is 0 Å². The lowest BCUT2D eigenvalue weighted by molar-refractivity contribution is -0.117. The number of aromatic nitrogens is 3. The van der Waals surface area contributed by atoms with E-state index < -0.39 is 10.0 Å². The molecule has 1 amide bonds. The van der Waals surface area contributed by atoms with Gasteiger partial charge in [-0.2, -0.15) is 4.98 Å². The Kier molecular flexibility index (Phi) is 3.87. The molecule has 2 N–H and O–H groups in total. The van der Waals surface area contributed by atoms with Crippen LogP contribution in [0.2, 0.25) is 0 Å². The van der Waals surface area contributed by atoms with Crippen LogP contribution in [-0.4, -0.2) is 35.2 Å². The van der Waals surface area contributed by atoms with Crippen LogP contribution in [0.15, 0.2) is 42.6 Å². The standard InChI is InChI=1S/C17H17N5O3S/c1-26(24,25)21-13-8-6-11(7-9-13)14-3-2-10-22-15(14)18-17(20-22)19-16(23)12-4-5-12/h2-3,6-10,12,21H,4-5H2,1H3,(H,19,20,23). The molecule has 1 aliphatic carbocycles. The van der Waals surface area contributed by atoms with E-state index in [-0.39, 0.29) is 17.8 Å². The Morgan fingerprint density at radius 2 is 1.92 bits per heavy atom. The van der Waals surface area contributed by atoms with Crippen molar-refractivity contribution in [3.8, 4) is 11.1 Å². The molecule has 3 aromatic rings. The number of sulfonamides is 1. The molecule has 1 saturated carbocycles. The average molecular weight is 371 g/mol. The smallest absolute Gasteiger partial charge is 0.249 e. The van der Waals surface area contributed by atoms with E-state index in [0.717, 1.165) is 30.2 Å². The molecule has 8 nitrogen and oxygen atoms in total. The lowest BCUT2D eigenvalue weighted by Crippen LogP contribution is -2.14. The third-order valence-electron chi connectivity index (χ3n) is 4.04. The van der Waals surface area contributed by atoms with Crippen LogP contribution in [0.4, 0.5) is 11.6 Å². The van der Waals surface area contributed by atoms with Crippen molar-refractivity contribution >= 4 is 33.2 Å². The summed E-state index contributed by atoms with van der Waals surface area (Å²) in [5.41, 5.74) is 2.80. The molecule has 0 unspecified atom stereocenters. The first-order valence-electron chi connectivity index (χ1n) is 8.13. The Labute approximate surface area is 150 Å². The fourth-order valence-electron chi connectivity index (χ4n) is 2.67. The summed E-state index contributed by atoms with van der Waals surface area (Å²) in [7, 11) is -3.32. The maximum Gasteiger partial charge on any atom is 0.249 e. The van der Waals surface area contributed by atoms with Crippen LogP contribution in [-0.2, 0) is 14.8 Å². The van der Waals surface area contributed by atoms with Crippen LogP contribution in [0.25, 0.3) is 16.8 Å². The molecule has 1 aromatic carbocycles. The molecule has 0 saturated heterocycles. The van der Waals surface area contributed by atoms with Crippen molar-refractivity contribution in [2.45, 2.75) is 12.8 Å². The predicted molar refractivity (Wildman–Crippen MR) is 98.2 cm³/mol. The third kappa shape index (κ3) is 3.52. The van der Waals surface area contributed by atoms with E-state index in [9.17, 15) is 13.2 Å². The van der Waals surface area contributed by atoms with Crippen molar-refractivity contribution in [2.75, 3.05) is 16.3 Å². The number of hydrogen-bond acceptors (Lipinski definition) is 5. The van der Waals surface area contributed by atoms with Crippen molar-refractivity contribution < 1.29 is 13.2 Å². The molecule has 0 aliphatic heterocycles. The van der Waals surface area contributed by atoms with E-state index in [1.54, 1.807) is 35.0 Å². The molecule has 0 spiro atoms. The van der Waals surface area contributed by atoms with E-state index in [1.807, 2.05) is 12.1 Å². The summed E-state index contributed by atoms with van der Waals surface area (Å²) in [4.78, 5) is 16.3. The summed E-state index contributed by atoms with van der Waals surface area (Å²) < 4.78 is 26.7. The highest BCUT2D eigenvalue weighted by Gasteiger charge is 2.30. The van der Waals surface area contributed by atoms with Crippen molar-refractivity contribution in [3.63, 3.8) is 0 Å². The number of carbonyl (C=O) groups is 1. The van der Waals surface area contributed by atoms with Crippen LogP contribution < -0.4 is 10.0 Å². The first kappa shape index (κ1) is 16.5. The zero-order valence-corrected chi connectivity index (χ0v) is 14.8. The summed E-state index contributed by atoms with van der Waals surface area (Å²) in [5, 5.41) is 7.05. The van der Waals surface area contributed by atoms with E-state index in [1.165, 1.54) is 0 Å². The summed E-state index contributed by atoms with van der Waals surface area (Å²) >= 11 is 0. The predicted octanol–water partition coefficient (Wildman–Crippen LogP) is 2.12. The van der Waals surface area contributed by atoms with Crippen molar-refractivity contribution in [1.82, 2.24) is 14.6 Å². The minimum Gasteiger partial charge on any atom is -0.293 e. The van der Waals surface area contributed by atoms with Gasteiger partial charge in [-0.1, -0.05) is 12.1 Å². The van der Waals surface area contributed by atoms with Gasteiger partial charge in [-0.05, 0) is 42.7 Å². The van der Waals surface area contributed by atoms with Crippen LogP contribution in [0.3, 0.4) is 0 Å². The molecule has 2 aromatic heterocycles. The Morgan fingerprint density at radius 3 is 2.58 bits per heavy atom. The number of anilines is 2. The van der Waals surface area contributed by atoms with Gasteiger partial charge in [-0.3, -0.25) is 14.8 Å². The number of carbonyl (C=O) groups excluding carboxylic acids is 1. The number of nitrogens with zero attached hydrogens (tertiary/aromatic N) is 3. The lowest BCUT2D eigenvalue weighted by atomic mass is 10.1. The van der Waals surface area contributed by atoms with Gasteiger partial charge in [0.25, 0.3) is 0 Å². The Bertz CT molecular complexity index is 1090. The number of nitrogens with one attached hydrogen (secondary N) is 2. The maximum absolute atomic E-state index is 11.9. The normalized spacial score (nSPS) is 14.3. The minimum atomic E-state index is -3.32. The number of benzene rings is 1. The third-order valence-corrected chi connectivity index (χ3v) is 4.65. The first-order valence-corrected chi connectivity index (χ1v) is 10.0. The molecule has 2 heterocycles. The maximum atomic E-state index is 11.9. The molecule has 0 radical (unpaired) electrons. The second-order valence-electron chi connectivity index (χ2n) is 6.34. The van der Waals surface area contributed by atoms with Crippen molar-refractivity contribution in [2.24, 2.45) is 5.92 Å². The summed E-state index contributed by atoms with van der Waals surface area (Å²) in [6.45, 7) is 0. The van der Waals surface area contributed by atoms with Crippen LogP contribution in [0.1, 0.15) is 12.8 Å². The second-order valence-corrected chi connectivity index (χ2v) is 8.09. The fourth-order valence-corrected chi connectivity index (χ4v) is 3.24. The summed E-state index contributed by atoms with van der Waals surface area (Å²) in [6.07, 6.45) is 4.70. The molecular formula is C17H17N5O3S. The Balaban J connectivity index is 1.65. The second kappa shape index (κ2) is 6.10. The molecule has 0 bridgehead atoms. The zero-order chi connectivity index (χ0) is 18.3. The molecular weight excluding hydrogens is 354 g/mol. The van der Waals surface area contributed by atoms with E-state index >= 15 is 0 Å². The number of amides is 1. The van der Waals surface area contributed by atoms with Crippen LogP contribution >= 0.6 is 0 Å². The molecule has 1 fully saturated rings. The Hall–Kier alpha value is -2.94. The number of fused-ring (bicyclic) bond motifs is 1. The van der Waals surface area contributed by atoms with Gasteiger partial charge < -0.3 is 0 Å². The van der Waals surface area contributed by atoms with Crippen LogP contribution in [0, 0.1) is 5.92 Å². The van der Waals surface area contributed by atoms with E-state index in [2.05, 4.69) is 20.1 Å². The first-order chi connectivity index (χ1) is 12.4. The average Bonchev–Trinajstić information content (AvgIpc) is 3.34. The molecule has 26 heavy (non-hydrogen) atoms. The van der Waals surface area contributed by atoms with Crippen molar-refractivity contribution in [3.05, 3.63) is 42.6 Å². The highest BCUT2D eigenvalue weighted by Crippen LogP contribution is 2.30. The van der Waals surface area contributed by atoms with Gasteiger partial charge in [0.05, 0.1) is 6.26 Å². The van der Waals surface area contributed by atoms with Gasteiger partial charge in [0.2, 0.25) is 21.9 Å². The topological polar surface area (TPSA) is 105 Å². The molecule has 4 rings (SSSR count). The molecule has 134 valence electrons. The van der Waals surface area contributed by atoms with E-state index in [4.69, 9.17) is 0 Å². The van der Waals surface area contributed by atoms with Gasteiger partial charge in [0, 0.05) is 23.4 Å². The number of rotatable bonds is 5. The van der Waals surface area contributed by atoms with E-state index in [0.29, 0.717) is 11.3 Å². The van der Waals surface area contributed by atoms with Gasteiger partial charge in [0.15, 0.2) is 5.65 Å². The Morgan fingerprint density at radius 1 is 1.19 bits per heavy atom. The summed E-state index contributed by atoms with van der Waals surface area (Å²) in [6, 6.07) is 10.7. The SMILES string of the molecule is CS(=O)(=O)Nc1ccc(-c2cccn3nc(NC(=O)C4CC4)nc23)cc1. The molecule has 1 aliphatic rings. The van der Waals surface area contributed by atoms with Gasteiger partial charge in [-0.15, -0.1) is 5.10 Å². The quantitative estimate of drug-likeness (QED) is 0.715. The minimum absolute atomic E-state index is 0.0429.